The lowest BCUT2D eigenvalue weighted by molar-refractivity contribution is 0.107. The molecular formula is C16H32N4S. The molecule has 2 rings (SSSR count). The third-order valence-corrected chi connectivity index (χ3v) is 5.64. The second kappa shape index (κ2) is 8.28. The number of hydrogen-bond donors (Lipinski definition) is 2. The van der Waals surface area contributed by atoms with Gasteiger partial charge in [0.25, 0.3) is 0 Å². The molecule has 1 aliphatic carbocycles. The second-order valence-corrected chi connectivity index (χ2v) is 7.96. The van der Waals surface area contributed by atoms with Crippen LogP contribution in [0.1, 0.15) is 39.5 Å². The maximum atomic E-state index is 4.37. The summed E-state index contributed by atoms with van der Waals surface area (Å²) in [5.74, 6) is 4.19. The summed E-state index contributed by atoms with van der Waals surface area (Å²) in [7, 11) is 1.87. The van der Waals surface area contributed by atoms with Crippen LogP contribution in [0, 0.1) is 5.92 Å². The third kappa shape index (κ3) is 4.78. The summed E-state index contributed by atoms with van der Waals surface area (Å²) in [6, 6.07) is 0. The van der Waals surface area contributed by atoms with Crippen LogP contribution in [0.5, 0.6) is 0 Å². The number of rotatable bonds is 5. The summed E-state index contributed by atoms with van der Waals surface area (Å²) in [5.41, 5.74) is 0.371. The smallest absolute Gasteiger partial charge is 0.191 e. The van der Waals surface area contributed by atoms with Gasteiger partial charge >= 0.3 is 0 Å². The zero-order valence-electron chi connectivity index (χ0n) is 14.0. The van der Waals surface area contributed by atoms with Crippen LogP contribution < -0.4 is 10.6 Å². The standard InChI is InChI=1S/C16H32N4S/c1-14(2)12-18-15(17-3)19-13-16(6-4-5-7-16)20-8-10-21-11-9-20/h14H,4-13H2,1-3H3,(H2,17,18,19). The van der Waals surface area contributed by atoms with Crippen molar-refractivity contribution in [3.05, 3.63) is 0 Å². The SMILES string of the molecule is CN=C(NCC(C)C)NCC1(N2CCSCC2)CCCC1. The van der Waals surface area contributed by atoms with Crippen LogP contribution in [0.2, 0.25) is 0 Å². The van der Waals surface area contributed by atoms with Crippen LogP contribution in [-0.2, 0) is 0 Å². The van der Waals surface area contributed by atoms with E-state index in [2.05, 4.69) is 46.1 Å². The van der Waals surface area contributed by atoms with Crippen LogP contribution in [0.25, 0.3) is 0 Å². The molecule has 21 heavy (non-hydrogen) atoms. The number of thioether (sulfide) groups is 1. The highest BCUT2D eigenvalue weighted by molar-refractivity contribution is 7.99. The molecule has 1 heterocycles. The highest BCUT2D eigenvalue weighted by Gasteiger charge is 2.39. The fraction of sp³-hybridized carbons (Fsp3) is 0.938. The molecule has 0 atom stereocenters. The van der Waals surface area contributed by atoms with Gasteiger partial charge in [-0.2, -0.15) is 11.8 Å². The monoisotopic (exact) mass is 312 g/mol. The summed E-state index contributed by atoms with van der Waals surface area (Å²) in [6.45, 7) is 8.98. The van der Waals surface area contributed by atoms with E-state index in [9.17, 15) is 0 Å². The van der Waals surface area contributed by atoms with Gasteiger partial charge in [-0.05, 0) is 18.8 Å². The maximum absolute atomic E-state index is 4.37. The van der Waals surface area contributed by atoms with E-state index in [-0.39, 0.29) is 0 Å². The molecule has 1 aliphatic heterocycles. The first-order valence-electron chi connectivity index (χ1n) is 8.43. The highest BCUT2D eigenvalue weighted by atomic mass is 32.2. The minimum absolute atomic E-state index is 0.371. The summed E-state index contributed by atoms with van der Waals surface area (Å²) in [6.07, 6.45) is 5.43. The maximum Gasteiger partial charge on any atom is 0.191 e. The Bertz CT molecular complexity index is 331. The van der Waals surface area contributed by atoms with E-state index in [1.165, 1.54) is 50.3 Å². The van der Waals surface area contributed by atoms with E-state index < -0.39 is 0 Å². The largest absolute Gasteiger partial charge is 0.356 e. The normalized spacial score (nSPS) is 23.5. The summed E-state index contributed by atoms with van der Waals surface area (Å²) < 4.78 is 0. The molecular weight excluding hydrogens is 280 g/mol. The van der Waals surface area contributed by atoms with Gasteiger partial charge in [0, 0.05) is 50.3 Å². The van der Waals surface area contributed by atoms with Crippen molar-refractivity contribution in [3.8, 4) is 0 Å². The molecule has 5 heteroatoms. The van der Waals surface area contributed by atoms with Crippen molar-refractivity contribution in [3.63, 3.8) is 0 Å². The van der Waals surface area contributed by atoms with Crippen molar-refractivity contribution in [1.29, 1.82) is 0 Å². The Morgan fingerprint density at radius 1 is 1.19 bits per heavy atom. The van der Waals surface area contributed by atoms with Gasteiger partial charge in [0.1, 0.15) is 0 Å². The zero-order chi connectivity index (χ0) is 15.1. The molecule has 0 aromatic heterocycles. The first-order valence-corrected chi connectivity index (χ1v) is 9.59. The molecule has 0 amide bonds. The Balaban J connectivity index is 1.90. The van der Waals surface area contributed by atoms with E-state index in [1.54, 1.807) is 0 Å². The van der Waals surface area contributed by atoms with Crippen LogP contribution >= 0.6 is 11.8 Å². The molecule has 0 bridgehead atoms. The summed E-state index contributed by atoms with van der Waals surface area (Å²) in [4.78, 5) is 7.12. The first kappa shape index (κ1) is 16.9. The zero-order valence-corrected chi connectivity index (χ0v) is 14.8. The lowest BCUT2D eigenvalue weighted by atomic mass is 9.94. The predicted octanol–water partition coefficient (Wildman–Crippen LogP) is 2.17. The van der Waals surface area contributed by atoms with Crippen molar-refractivity contribution in [2.45, 2.75) is 45.1 Å². The van der Waals surface area contributed by atoms with Gasteiger partial charge in [-0.15, -0.1) is 0 Å². The molecule has 2 N–H and O–H groups in total. The minimum Gasteiger partial charge on any atom is -0.356 e. The molecule has 2 fully saturated rings. The van der Waals surface area contributed by atoms with E-state index in [4.69, 9.17) is 0 Å². The van der Waals surface area contributed by atoms with Gasteiger partial charge in [-0.25, -0.2) is 0 Å². The minimum atomic E-state index is 0.371. The topological polar surface area (TPSA) is 39.7 Å². The van der Waals surface area contributed by atoms with E-state index >= 15 is 0 Å². The number of hydrogen-bond acceptors (Lipinski definition) is 3. The van der Waals surface area contributed by atoms with Gasteiger partial charge in [0.05, 0.1) is 0 Å². The molecule has 0 unspecified atom stereocenters. The lowest BCUT2D eigenvalue weighted by Gasteiger charge is -2.43. The molecule has 4 nitrogen and oxygen atoms in total. The van der Waals surface area contributed by atoms with E-state index in [0.29, 0.717) is 11.5 Å². The number of aliphatic imine (C=N–C) groups is 1. The Morgan fingerprint density at radius 2 is 1.86 bits per heavy atom. The fourth-order valence-corrected chi connectivity index (χ4v) is 4.35. The fourth-order valence-electron chi connectivity index (χ4n) is 3.45. The Kier molecular flexibility index (Phi) is 6.68. The van der Waals surface area contributed by atoms with Gasteiger partial charge in [0.2, 0.25) is 0 Å². The molecule has 1 saturated heterocycles. The Labute approximate surface area is 134 Å². The van der Waals surface area contributed by atoms with Crippen molar-refractivity contribution < 1.29 is 0 Å². The van der Waals surface area contributed by atoms with Crippen LogP contribution in [0.15, 0.2) is 4.99 Å². The average Bonchev–Trinajstić information content (AvgIpc) is 2.98. The predicted molar refractivity (Wildman–Crippen MR) is 94.3 cm³/mol. The van der Waals surface area contributed by atoms with Gasteiger partial charge in [-0.3, -0.25) is 9.89 Å². The van der Waals surface area contributed by atoms with E-state index in [0.717, 1.165) is 19.0 Å². The second-order valence-electron chi connectivity index (χ2n) is 6.73. The van der Waals surface area contributed by atoms with Gasteiger partial charge in [-0.1, -0.05) is 26.7 Å². The quantitative estimate of drug-likeness (QED) is 0.603. The molecule has 0 aromatic rings. The molecule has 2 aliphatic rings. The van der Waals surface area contributed by atoms with Crippen molar-refractivity contribution in [1.82, 2.24) is 15.5 Å². The molecule has 1 saturated carbocycles. The summed E-state index contributed by atoms with van der Waals surface area (Å²) >= 11 is 2.10. The van der Waals surface area contributed by atoms with Crippen molar-refractivity contribution in [2.24, 2.45) is 10.9 Å². The van der Waals surface area contributed by atoms with Crippen molar-refractivity contribution in [2.75, 3.05) is 44.7 Å². The lowest BCUT2D eigenvalue weighted by Crippen LogP contribution is -2.57. The number of guanidine groups is 1. The molecule has 0 radical (unpaired) electrons. The third-order valence-electron chi connectivity index (χ3n) is 4.70. The van der Waals surface area contributed by atoms with Crippen LogP contribution in [0.3, 0.4) is 0 Å². The first-order chi connectivity index (χ1) is 10.2. The average molecular weight is 313 g/mol. The Morgan fingerprint density at radius 3 is 2.43 bits per heavy atom. The van der Waals surface area contributed by atoms with Gasteiger partial charge < -0.3 is 10.6 Å². The number of nitrogens with zero attached hydrogens (tertiary/aromatic N) is 2. The number of nitrogens with one attached hydrogen (secondary N) is 2. The van der Waals surface area contributed by atoms with Gasteiger partial charge in [0.15, 0.2) is 5.96 Å². The summed E-state index contributed by atoms with van der Waals surface area (Å²) in [5, 5.41) is 7.02. The van der Waals surface area contributed by atoms with Crippen LogP contribution in [0.4, 0.5) is 0 Å². The van der Waals surface area contributed by atoms with Crippen LogP contribution in [-0.4, -0.2) is 61.1 Å². The molecule has 0 spiro atoms. The van der Waals surface area contributed by atoms with E-state index in [1.807, 2.05) is 7.05 Å². The molecule has 0 aromatic carbocycles. The van der Waals surface area contributed by atoms with Crippen molar-refractivity contribution >= 4 is 17.7 Å². The Hall–Kier alpha value is -0.420. The highest BCUT2D eigenvalue weighted by Crippen LogP contribution is 2.36. The molecule has 122 valence electrons.